The maximum atomic E-state index is 12.4. The van der Waals surface area contributed by atoms with Gasteiger partial charge in [-0.15, -0.1) is 11.3 Å². The quantitative estimate of drug-likeness (QED) is 0.893. The van der Waals surface area contributed by atoms with Crippen LogP contribution in [0.25, 0.3) is 0 Å². The van der Waals surface area contributed by atoms with Gasteiger partial charge in [-0.1, -0.05) is 12.1 Å². The van der Waals surface area contributed by atoms with Gasteiger partial charge in [-0.3, -0.25) is 14.7 Å². The smallest absolute Gasteiger partial charge is 0.249 e. The fourth-order valence-corrected chi connectivity index (χ4v) is 4.47. The van der Waals surface area contributed by atoms with Crippen molar-refractivity contribution in [2.75, 3.05) is 13.1 Å². The Balaban J connectivity index is 1.28. The third-order valence-corrected chi connectivity index (χ3v) is 5.92. The van der Waals surface area contributed by atoms with Gasteiger partial charge in [0.2, 0.25) is 5.91 Å². The van der Waals surface area contributed by atoms with E-state index in [2.05, 4.69) is 32.7 Å². The van der Waals surface area contributed by atoms with E-state index in [0.29, 0.717) is 12.5 Å². The molecule has 2 aromatic rings. The first-order valence-corrected chi connectivity index (χ1v) is 9.74. The number of nitrogens with one attached hydrogen (secondary N) is 1. The van der Waals surface area contributed by atoms with E-state index in [9.17, 15) is 4.79 Å². The molecule has 1 amide bonds. The van der Waals surface area contributed by atoms with Crippen LogP contribution in [-0.4, -0.2) is 41.1 Å². The molecule has 4 rings (SSSR count). The van der Waals surface area contributed by atoms with Gasteiger partial charge in [0.1, 0.15) is 6.10 Å². The number of pyridine rings is 1. The molecule has 0 spiro atoms. The Bertz CT molecular complexity index is 692. The Morgan fingerprint density at radius 2 is 2.32 bits per heavy atom. The highest BCUT2D eigenvalue weighted by atomic mass is 32.1. The molecule has 132 valence electrons. The van der Waals surface area contributed by atoms with Crippen LogP contribution in [0, 0.1) is 5.92 Å². The zero-order valence-electron chi connectivity index (χ0n) is 14.1. The third kappa shape index (κ3) is 4.08. The summed E-state index contributed by atoms with van der Waals surface area (Å²) in [5.74, 6) is 0.495. The molecule has 2 aliphatic heterocycles. The summed E-state index contributed by atoms with van der Waals surface area (Å²) >= 11 is 1.80. The number of carbonyl (C=O) groups is 1. The first kappa shape index (κ1) is 16.7. The zero-order valence-corrected chi connectivity index (χ0v) is 15.0. The summed E-state index contributed by atoms with van der Waals surface area (Å²) in [6.07, 6.45) is 3.55. The van der Waals surface area contributed by atoms with Crippen molar-refractivity contribution >= 4 is 17.2 Å². The van der Waals surface area contributed by atoms with Crippen LogP contribution >= 0.6 is 11.3 Å². The summed E-state index contributed by atoms with van der Waals surface area (Å²) in [4.78, 5) is 20.5. The largest absolute Gasteiger partial charge is 0.364 e. The summed E-state index contributed by atoms with van der Waals surface area (Å²) in [6, 6.07) is 9.99. The lowest BCUT2D eigenvalue weighted by Gasteiger charge is -2.33. The standard InChI is InChI=1S/C19H23N3O2S/c23-19(21-11-15-4-1-2-7-20-15)17-10-14-6-8-22(13-18(14)24-17)12-16-5-3-9-25-16/h1-5,7,9,14,17-18H,6,8,10-13H2,(H,21,23)/t14-,17+,18+/m0/s1. The number of ether oxygens (including phenoxy) is 1. The third-order valence-electron chi connectivity index (χ3n) is 5.06. The molecule has 0 aromatic carbocycles. The molecule has 0 unspecified atom stereocenters. The van der Waals surface area contributed by atoms with Crippen molar-refractivity contribution in [3.8, 4) is 0 Å². The molecule has 4 heterocycles. The van der Waals surface area contributed by atoms with Gasteiger partial charge in [0.05, 0.1) is 18.3 Å². The molecule has 2 aromatic heterocycles. The highest BCUT2D eigenvalue weighted by Gasteiger charge is 2.41. The number of fused-ring (bicyclic) bond motifs is 1. The molecule has 25 heavy (non-hydrogen) atoms. The average molecular weight is 357 g/mol. The Morgan fingerprint density at radius 3 is 3.12 bits per heavy atom. The molecule has 6 heteroatoms. The second-order valence-electron chi connectivity index (χ2n) is 6.80. The van der Waals surface area contributed by atoms with E-state index in [1.54, 1.807) is 17.5 Å². The van der Waals surface area contributed by atoms with Crippen molar-refractivity contribution < 1.29 is 9.53 Å². The summed E-state index contributed by atoms with van der Waals surface area (Å²) < 4.78 is 6.09. The lowest BCUT2D eigenvalue weighted by Crippen LogP contribution is -2.42. The second-order valence-corrected chi connectivity index (χ2v) is 7.83. The molecule has 1 N–H and O–H groups in total. The van der Waals surface area contributed by atoms with Crippen molar-refractivity contribution in [2.45, 2.75) is 38.1 Å². The number of nitrogens with zero attached hydrogens (tertiary/aromatic N) is 2. The Labute approximate surface area is 152 Å². The minimum Gasteiger partial charge on any atom is -0.364 e. The van der Waals surface area contributed by atoms with Gasteiger partial charge in [0, 0.05) is 24.2 Å². The Kier molecular flexibility index (Phi) is 5.10. The summed E-state index contributed by atoms with van der Waals surface area (Å²) in [7, 11) is 0. The van der Waals surface area contributed by atoms with E-state index in [1.807, 2.05) is 18.2 Å². The first-order valence-electron chi connectivity index (χ1n) is 8.86. The Hall–Kier alpha value is -1.76. The van der Waals surface area contributed by atoms with E-state index in [-0.39, 0.29) is 18.1 Å². The monoisotopic (exact) mass is 357 g/mol. The maximum Gasteiger partial charge on any atom is 0.249 e. The van der Waals surface area contributed by atoms with E-state index in [0.717, 1.165) is 38.2 Å². The molecule has 3 atom stereocenters. The number of amides is 1. The fraction of sp³-hybridized carbons (Fsp3) is 0.474. The number of thiophene rings is 1. The van der Waals surface area contributed by atoms with Crippen molar-refractivity contribution in [3.63, 3.8) is 0 Å². The number of rotatable bonds is 5. The van der Waals surface area contributed by atoms with Gasteiger partial charge in [-0.2, -0.15) is 0 Å². The van der Waals surface area contributed by atoms with Gasteiger partial charge in [0.15, 0.2) is 0 Å². The van der Waals surface area contributed by atoms with Crippen LogP contribution < -0.4 is 5.32 Å². The summed E-state index contributed by atoms with van der Waals surface area (Å²) in [6.45, 7) is 3.46. The van der Waals surface area contributed by atoms with Crippen LogP contribution in [0.1, 0.15) is 23.4 Å². The number of aromatic nitrogens is 1. The number of hydrogen-bond donors (Lipinski definition) is 1. The van der Waals surface area contributed by atoms with Crippen molar-refractivity contribution in [3.05, 3.63) is 52.5 Å². The molecule has 5 nitrogen and oxygen atoms in total. The van der Waals surface area contributed by atoms with Gasteiger partial charge < -0.3 is 10.1 Å². The van der Waals surface area contributed by atoms with Crippen molar-refractivity contribution in [2.24, 2.45) is 5.92 Å². The molecule has 2 aliphatic rings. The lowest BCUT2D eigenvalue weighted by molar-refractivity contribution is -0.133. The minimum atomic E-state index is -0.319. The topological polar surface area (TPSA) is 54.5 Å². The van der Waals surface area contributed by atoms with Gasteiger partial charge >= 0.3 is 0 Å². The molecule has 2 fully saturated rings. The van der Waals surface area contributed by atoms with Gasteiger partial charge in [-0.25, -0.2) is 0 Å². The number of likely N-dealkylation sites (tertiary alicyclic amines) is 1. The summed E-state index contributed by atoms with van der Waals surface area (Å²) in [5, 5.41) is 5.08. The molecule has 0 radical (unpaired) electrons. The van der Waals surface area contributed by atoms with Crippen molar-refractivity contribution in [1.82, 2.24) is 15.2 Å². The van der Waals surface area contributed by atoms with Crippen LogP contribution in [-0.2, 0) is 22.6 Å². The minimum absolute atomic E-state index is 0.00939. The fourth-order valence-electron chi connectivity index (χ4n) is 3.72. The van der Waals surface area contributed by atoms with Crippen LogP contribution in [0.15, 0.2) is 41.9 Å². The zero-order chi connectivity index (χ0) is 17.1. The lowest BCUT2D eigenvalue weighted by atomic mass is 9.91. The average Bonchev–Trinajstić information content (AvgIpc) is 3.30. The number of hydrogen-bond acceptors (Lipinski definition) is 5. The number of piperidine rings is 1. The van der Waals surface area contributed by atoms with E-state index < -0.39 is 0 Å². The van der Waals surface area contributed by atoms with E-state index >= 15 is 0 Å². The van der Waals surface area contributed by atoms with E-state index in [4.69, 9.17) is 4.74 Å². The van der Waals surface area contributed by atoms with E-state index in [1.165, 1.54) is 4.88 Å². The SMILES string of the molecule is O=C(NCc1ccccn1)[C@H]1C[C@@H]2CCN(Cc3cccs3)C[C@H]2O1. The first-order chi connectivity index (χ1) is 12.3. The summed E-state index contributed by atoms with van der Waals surface area (Å²) in [5.41, 5.74) is 0.869. The van der Waals surface area contributed by atoms with Crippen LogP contribution in [0.3, 0.4) is 0 Å². The van der Waals surface area contributed by atoms with Crippen LogP contribution in [0.5, 0.6) is 0 Å². The number of carbonyl (C=O) groups excluding carboxylic acids is 1. The molecule has 0 aliphatic carbocycles. The van der Waals surface area contributed by atoms with Crippen LogP contribution in [0.2, 0.25) is 0 Å². The van der Waals surface area contributed by atoms with Gasteiger partial charge in [-0.05, 0) is 48.9 Å². The predicted molar refractivity (Wildman–Crippen MR) is 97.1 cm³/mol. The maximum absolute atomic E-state index is 12.4. The van der Waals surface area contributed by atoms with Crippen molar-refractivity contribution in [1.29, 1.82) is 0 Å². The molecule has 0 bridgehead atoms. The predicted octanol–water partition coefficient (Wildman–Crippen LogP) is 2.44. The Morgan fingerprint density at radius 1 is 1.36 bits per heavy atom. The second kappa shape index (κ2) is 7.64. The molecular weight excluding hydrogens is 334 g/mol. The molecule has 2 saturated heterocycles. The highest BCUT2D eigenvalue weighted by Crippen LogP contribution is 2.34. The normalized spacial score (nSPS) is 26.3. The highest BCUT2D eigenvalue weighted by molar-refractivity contribution is 7.09. The van der Waals surface area contributed by atoms with Crippen LogP contribution in [0.4, 0.5) is 0 Å². The van der Waals surface area contributed by atoms with Gasteiger partial charge in [0.25, 0.3) is 0 Å². The molecular formula is C19H23N3O2S. The molecule has 0 saturated carbocycles.